The van der Waals surface area contributed by atoms with Crippen LogP contribution in [0.25, 0.3) is 0 Å². The van der Waals surface area contributed by atoms with Gasteiger partial charge in [0.2, 0.25) is 17.7 Å². The van der Waals surface area contributed by atoms with Gasteiger partial charge >= 0.3 is 11.9 Å². The monoisotopic (exact) mass is 548 g/mol. The van der Waals surface area contributed by atoms with Crippen LogP contribution in [0.5, 0.6) is 5.75 Å². The Balaban J connectivity index is 2.10. The molecule has 0 aliphatic heterocycles. The highest BCUT2D eigenvalue weighted by molar-refractivity contribution is 5.94. The lowest BCUT2D eigenvalue weighted by molar-refractivity contribution is -0.143. The lowest BCUT2D eigenvalue weighted by Crippen LogP contribution is -2.60. The standard InChI is InChI=1S/C24H32N6O9/c1-12(31)20(23(37)29-18(24(38)39)9-14-10-26-11-27-14)30-22(36)17(6-7-19(33)34)28-21(35)16(25)8-13-2-4-15(32)5-3-13/h2-5,10-12,16-18,20,31-32H,6-9,25H2,1H3,(H,26,27)(H,28,35)(H,29,37)(H,30,36)(H,33,34)(H,38,39). The maximum Gasteiger partial charge on any atom is 0.326 e. The van der Waals surface area contributed by atoms with E-state index in [1.807, 2.05) is 0 Å². The molecule has 0 bridgehead atoms. The van der Waals surface area contributed by atoms with E-state index >= 15 is 0 Å². The fourth-order valence-electron chi connectivity index (χ4n) is 3.53. The number of nitrogens with two attached hydrogens (primary N) is 1. The second-order valence-corrected chi connectivity index (χ2v) is 8.88. The third kappa shape index (κ3) is 10.1. The number of aromatic nitrogens is 2. The Morgan fingerprint density at radius 1 is 0.949 bits per heavy atom. The first-order chi connectivity index (χ1) is 18.4. The quantitative estimate of drug-likeness (QED) is 0.118. The van der Waals surface area contributed by atoms with Crippen LogP contribution in [0.4, 0.5) is 0 Å². The van der Waals surface area contributed by atoms with Crippen LogP contribution in [0, 0.1) is 0 Å². The van der Waals surface area contributed by atoms with E-state index in [1.54, 1.807) is 12.1 Å². The van der Waals surface area contributed by atoms with Crippen LogP contribution in [0.2, 0.25) is 0 Å². The van der Waals surface area contributed by atoms with E-state index in [0.717, 1.165) is 0 Å². The Morgan fingerprint density at radius 3 is 2.13 bits per heavy atom. The molecule has 0 radical (unpaired) electrons. The van der Waals surface area contributed by atoms with E-state index in [4.69, 9.17) is 10.8 Å². The van der Waals surface area contributed by atoms with Crippen molar-refractivity contribution in [1.82, 2.24) is 25.9 Å². The van der Waals surface area contributed by atoms with Crippen molar-refractivity contribution in [3.05, 3.63) is 48.0 Å². The number of carbonyl (C=O) groups is 5. The predicted molar refractivity (Wildman–Crippen MR) is 134 cm³/mol. The van der Waals surface area contributed by atoms with Crippen molar-refractivity contribution in [2.75, 3.05) is 0 Å². The largest absolute Gasteiger partial charge is 0.508 e. The molecule has 0 saturated carbocycles. The lowest BCUT2D eigenvalue weighted by Gasteiger charge is -2.26. The highest BCUT2D eigenvalue weighted by Crippen LogP contribution is 2.11. The minimum atomic E-state index is -1.63. The Bertz CT molecular complexity index is 1140. The van der Waals surface area contributed by atoms with Gasteiger partial charge in [-0.3, -0.25) is 19.2 Å². The number of nitrogens with one attached hydrogen (secondary N) is 4. The zero-order valence-electron chi connectivity index (χ0n) is 21.0. The molecular weight excluding hydrogens is 516 g/mol. The number of aliphatic hydroxyl groups is 1. The minimum absolute atomic E-state index is 0.0230. The lowest BCUT2D eigenvalue weighted by atomic mass is 10.0. The summed E-state index contributed by atoms with van der Waals surface area (Å²) in [5, 5.41) is 44.9. The number of amides is 3. The fraction of sp³-hybridized carbons (Fsp3) is 0.417. The molecule has 5 atom stereocenters. The van der Waals surface area contributed by atoms with E-state index < -0.39 is 66.4 Å². The molecule has 5 unspecified atom stereocenters. The maximum atomic E-state index is 13.0. The summed E-state index contributed by atoms with van der Waals surface area (Å²) in [5.41, 5.74) is 6.98. The Hall–Kier alpha value is -4.50. The van der Waals surface area contributed by atoms with Crippen LogP contribution in [-0.2, 0) is 36.8 Å². The molecule has 39 heavy (non-hydrogen) atoms. The number of carbonyl (C=O) groups excluding carboxylic acids is 3. The van der Waals surface area contributed by atoms with Gasteiger partial charge in [0.05, 0.1) is 18.5 Å². The first-order valence-corrected chi connectivity index (χ1v) is 11.9. The maximum absolute atomic E-state index is 13.0. The van der Waals surface area contributed by atoms with Gasteiger partial charge in [-0.15, -0.1) is 0 Å². The van der Waals surface area contributed by atoms with Crippen LogP contribution >= 0.6 is 0 Å². The molecular formula is C24H32N6O9. The highest BCUT2D eigenvalue weighted by Gasteiger charge is 2.33. The van der Waals surface area contributed by atoms with Crippen molar-refractivity contribution in [3.8, 4) is 5.75 Å². The molecule has 3 amide bonds. The summed E-state index contributed by atoms with van der Waals surface area (Å²) < 4.78 is 0. The summed E-state index contributed by atoms with van der Waals surface area (Å²) in [6.45, 7) is 1.19. The average Bonchev–Trinajstić information content (AvgIpc) is 3.38. The summed E-state index contributed by atoms with van der Waals surface area (Å²) in [6.07, 6.45) is 0.244. The number of hydrogen-bond donors (Lipinski definition) is 9. The number of imidazole rings is 1. The van der Waals surface area contributed by atoms with Gasteiger partial charge in [-0.1, -0.05) is 12.1 Å². The molecule has 15 heteroatoms. The van der Waals surface area contributed by atoms with Crippen molar-refractivity contribution in [2.45, 2.75) is 62.9 Å². The van der Waals surface area contributed by atoms with Crippen LogP contribution in [0.15, 0.2) is 36.8 Å². The number of H-pyrrole nitrogens is 1. The summed E-state index contributed by atoms with van der Waals surface area (Å²) >= 11 is 0. The number of phenolic OH excluding ortho intramolecular Hbond substituents is 1. The number of rotatable bonds is 15. The molecule has 15 nitrogen and oxygen atoms in total. The van der Waals surface area contributed by atoms with E-state index in [0.29, 0.717) is 11.3 Å². The number of hydrogen-bond acceptors (Lipinski definition) is 9. The second kappa shape index (κ2) is 14.4. The number of carboxylic acid groups (broad SMARTS) is 2. The Kier molecular flexibility index (Phi) is 11.4. The van der Waals surface area contributed by atoms with Crippen molar-refractivity contribution >= 4 is 29.7 Å². The topological polar surface area (TPSA) is 257 Å². The molecule has 212 valence electrons. The first kappa shape index (κ1) is 30.7. The SMILES string of the molecule is CC(O)C(NC(=O)C(CCC(=O)O)NC(=O)C(N)Cc1ccc(O)cc1)C(=O)NC(Cc1cnc[nH]1)C(=O)O. The smallest absolute Gasteiger partial charge is 0.326 e. The summed E-state index contributed by atoms with van der Waals surface area (Å²) in [7, 11) is 0. The van der Waals surface area contributed by atoms with Crippen molar-refractivity contribution in [2.24, 2.45) is 5.73 Å². The number of carboxylic acids is 2. The zero-order chi connectivity index (χ0) is 29.1. The number of phenols is 1. The molecule has 1 heterocycles. The summed E-state index contributed by atoms with van der Waals surface area (Å²) in [5.74, 6) is -5.38. The van der Waals surface area contributed by atoms with E-state index in [-0.39, 0.29) is 25.0 Å². The number of nitrogens with zero attached hydrogens (tertiary/aromatic N) is 1. The Labute approximate surface area is 222 Å². The molecule has 1 aromatic heterocycles. The van der Waals surface area contributed by atoms with Crippen LogP contribution in [-0.4, -0.2) is 90.3 Å². The second-order valence-electron chi connectivity index (χ2n) is 8.88. The van der Waals surface area contributed by atoms with E-state index in [1.165, 1.54) is 31.6 Å². The third-order valence-corrected chi connectivity index (χ3v) is 5.66. The molecule has 0 aliphatic carbocycles. The number of aromatic amines is 1. The van der Waals surface area contributed by atoms with Crippen molar-refractivity contribution < 1.29 is 44.4 Å². The highest BCUT2D eigenvalue weighted by atomic mass is 16.4. The molecule has 2 aromatic rings. The number of benzene rings is 1. The van der Waals surface area contributed by atoms with Crippen LogP contribution in [0.1, 0.15) is 31.0 Å². The number of aromatic hydroxyl groups is 1. The van der Waals surface area contributed by atoms with Gasteiger partial charge in [0.15, 0.2) is 0 Å². The third-order valence-electron chi connectivity index (χ3n) is 5.66. The molecule has 0 aliphatic rings. The first-order valence-electron chi connectivity index (χ1n) is 11.9. The van der Waals surface area contributed by atoms with Crippen LogP contribution < -0.4 is 21.7 Å². The minimum Gasteiger partial charge on any atom is -0.508 e. The van der Waals surface area contributed by atoms with Gasteiger partial charge in [0, 0.05) is 24.7 Å². The van der Waals surface area contributed by atoms with Gasteiger partial charge in [-0.05, 0) is 37.5 Å². The van der Waals surface area contributed by atoms with Crippen LogP contribution in [0.3, 0.4) is 0 Å². The predicted octanol–water partition coefficient (Wildman–Crippen LogP) is -1.99. The molecule has 1 aromatic carbocycles. The van der Waals surface area contributed by atoms with Gasteiger partial charge in [-0.25, -0.2) is 9.78 Å². The zero-order valence-corrected chi connectivity index (χ0v) is 21.0. The summed E-state index contributed by atoms with van der Waals surface area (Å²) in [6, 6.07) is 0.313. The van der Waals surface area contributed by atoms with Gasteiger partial charge in [-0.2, -0.15) is 0 Å². The average molecular weight is 549 g/mol. The fourth-order valence-corrected chi connectivity index (χ4v) is 3.53. The van der Waals surface area contributed by atoms with Gasteiger partial charge in [0.1, 0.15) is 23.9 Å². The molecule has 0 saturated heterocycles. The number of aliphatic hydroxyl groups excluding tert-OH is 1. The van der Waals surface area contributed by atoms with E-state index in [9.17, 15) is 39.3 Å². The van der Waals surface area contributed by atoms with Crippen molar-refractivity contribution in [3.63, 3.8) is 0 Å². The number of aliphatic carboxylic acids is 2. The molecule has 10 N–H and O–H groups in total. The normalized spacial score (nSPS) is 14.7. The van der Waals surface area contributed by atoms with E-state index in [2.05, 4.69) is 25.9 Å². The Morgan fingerprint density at radius 2 is 1.59 bits per heavy atom. The molecule has 0 fully saturated rings. The molecule has 0 spiro atoms. The summed E-state index contributed by atoms with van der Waals surface area (Å²) in [4.78, 5) is 67.7. The van der Waals surface area contributed by atoms with Gasteiger partial charge < -0.3 is 47.1 Å². The van der Waals surface area contributed by atoms with Gasteiger partial charge in [0.25, 0.3) is 0 Å². The van der Waals surface area contributed by atoms with Crippen molar-refractivity contribution in [1.29, 1.82) is 0 Å². The molecule has 2 rings (SSSR count).